The number of likely N-dealkylation sites (N-methyl/N-ethyl adjacent to an activating group) is 1. The van der Waals surface area contributed by atoms with Crippen LogP contribution in [-0.4, -0.2) is 48.4 Å². The fraction of sp³-hybridized carbons (Fsp3) is 0.240. The van der Waals surface area contributed by atoms with Crippen molar-refractivity contribution in [2.45, 2.75) is 19.1 Å². The first-order valence-corrected chi connectivity index (χ1v) is 10.5. The van der Waals surface area contributed by atoms with E-state index in [2.05, 4.69) is 10.3 Å². The van der Waals surface area contributed by atoms with Crippen LogP contribution >= 0.6 is 0 Å². The van der Waals surface area contributed by atoms with Gasteiger partial charge in [-0.25, -0.2) is 14.6 Å². The molecule has 0 radical (unpaired) electrons. The van der Waals surface area contributed by atoms with Crippen LogP contribution in [0.25, 0.3) is 0 Å². The minimum Gasteiger partial charge on any atom is -0.492 e. The summed E-state index contributed by atoms with van der Waals surface area (Å²) in [5.41, 5.74) is 1.57. The quantitative estimate of drug-likeness (QED) is 0.462. The monoisotopic (exact) mass is 449 g/mol. The molecular weight excluding hydrogens is 422 g/mol. The lowest BCUT2D eigenvalue weighted by Gasteiger charge is -2.18. The van der Waals surface area contributed by atoms with E-state index in [-0.39, 0.29) is 13.0 Å². The molecule has 8 nitrogen and oxygen atoms in total. The van der Waals surface area contributed by atoms with E-state index in [4.69, 9.17) is 9.47 Å². The predicted molar refractivity (Wildman–Crippen MR) is 124 cm³/mol. The number of aromatic nitrogens is 1. The van der Waals surface area contributed by atoms with E-state index in [1.807, 2.05) is 60.5 Å². The molecular formula is C25H27N3O5. The van der Waals surface area contributed by atoms with E-state index >= 15 is 0 Å². The Kier molecular flexibility index (Phi) is 8.64. The molecule has 2 N–H and O–H groups in total. The molecule has 0 aliphatic carbocycles. The van der Waals surface area contributed by atoms with E-state index in [1.54, 1.807) is 30.5 Å². The van der Waals surface area contributed by atoms with E-state index in [9.17, 15) is 14.7 Å². The third kappa shape index (κ3) is 7.84. The average molecular weight is 450 g/mol. The second-order valence-electron chi connectivity index (χ2n) is 7.40. The number of carbonyl (C=O) groups excluding carboxylic acids is 1. The fourth-order valence-corrected chi connectivity index (χ4v) is 3.06. The molecule has 0 aliphatic rings. The van der Waals surface area contributed by atoms with Gasteiger partial charge in [0.1, 0.15) is 30.8 Å². The molecule has 0 aliphatic heterocycles. The highest BCUT2D eigenvalue weighted by atomic mass is 16.5. The third-order valence-electron chi connectivity index (χ3n) is 4.90. The SMILES string of the molecule is CN(CCOc1ccc(CC(NC(=O)OCc2ccccc2)C(=O)O)cc1)c1ccccn1. The third-order valence-corrected chi connectivity index (χ3v) is 4.90. The summed E-state index contributed by atoms with van der Waals surface area (Å²) in [7, 11) is 1.94. The first-order chi connectivity index (χ1) is 16.0. The highest BCUT2D eigenvalue weighted by molar-refractivity contribution is 5.80. The number of pyridine rings is 1. The number of rotatable bonds is 11. The van der Waals surface area contributed by atoms with E-state index in [0.717, 1.165) is 16.9 Å². The number of nitrogens with one attached hydrogen (secondary N) is 1. The van der Waals surface area contributed by atoms with Gasteiger partial charge < -0.3 is 24.8 Å². The van der Waals surface area contributed by atoms with E-state index in [1.165, 1.54) is 0 Å². The molecule has 0 saturated carbocycles. The molecule has 0 saturated heterocycles. The Labute approximate surface area is 192 Å². The first-order valence-electron chi connectivity index (χ1n) is 10.5. The van der Waals surface area contributed by atoms with Crippen LogP contribution in [0, 0.1) is 0 Å². The second-order valence-corrected chi connectivity index (χ2v) is 7.40. The fourth-order valence-electron chi connectivity index (χ4n) is 3.06. The minimum absolute atomic E-state index is 0.0700. The zero-order valence-corrected chi connectivity index (χ0v) is 18.4. The van der Waals surface area contributed by atoms with Crippen LogP contribution in [-0.2, 0) is 22.6 Å². The summed E-state index contributed by atoms with van der Waals surface area (Å²) < 4.78 is 10.9. The van der Waals surface area contributed by atoms with Crippen LogP contribution in [0.15, 0.2) is 79.0 Å². The second kappa shape index (κ2) is 12.1. The molecule has 0 spiro atoms. The van der Waals surface area contributed by atoms with Crippen LogP contribution in [0.2, 0.25) is 0 Å². The number of hydrogen-bond acceptors (Lipinski definition) is 6. The van der Waals surface area contributed by atoms with Crippen LogP contribution in [0.3, 0.4) is 0 Å². The van der Waals surface area contributed by atoms with Crippen molar-refractivity contribution in [3.8, 4) is 5.75 Å². The van der Waals surface area contributed by atoms with Crippen molar-refractivity contribution in [3.63, 3.8) is 0 Å². The Morgan fingerprint density at radius 1 is 1.00 bits per heavy atom. The molecule has 0 bridgehead atoms. The van der Waals surface area contributed by atoms with Gasteiger partial charge in [-0.2, -0.15) is 0 Å². The smallest absolute Gasteiger partial charge is 0.408 e. The van der Waals surface area contributed by atoms with Gasteiger partial charge in [-0.15, -0.1) is 0 Å². The van der Waals surface area contributed by atoms with Crippen LogP contribution < -0.4 is 15.0 Å². The molecule has 8 heteroatoms. The number of hydrogen-bond donors (Lipinski definition) is 2. The standard InChI is InChI=1S/C25H27N3O5/c1-28(23-9-5-6-14-26-23)15-16-32-21-12-10-19(11-13-21)17-22(24(29)30)27-25(31)33-18-20-7-3-2-4-8-20/h2-14,22H,15-18H2,1H3,(H,27,31)(H,29,30). The van der Waals surface area contributed by atoms with Crippen molar-refractivity contribution >= 4 is 17.9 Å². The predicted octanol–water partition coefficient (Wildman–Crippen LogP) is 3.52. The van der Waals surface area contributed by atoms with E-state index in [0.29, 0.717) is 18.9 Å². The maximum Gasteiger partial charge on any atom is 0.408 e. The van der Waals surface area contributed by atoms with Crippen LogP contribution in [0.4, 0.5) is 10.6 Å². The highest BCUT2D eigenvalue weighted by Gasteiger charge is 2.21. The minimum atomic E-state index is -1.13. The van der Waals surface area contributed by atoms with Gasteiger partial charge in [0.2, 0.25) is 0 Å². The van der Waals surface area contributed by atoms with Crippen molar-refractivity contribution in [2.24, 2.45) is 0 Å². The summed E-state index contributed by atoms with van der Waals surface area (Å²) in [4.78, 5) is 29.9. The molecule has 172 valence electrons. The molecule has 3 rings (SSSR count). The normalized spacial score (nSPS) is 11.3. The topological polar surface area (TPSA) is 101 Å². The zero-order valence-electron chi connectivity index (χ0n) is 18.4. The Hall–Kier alpha value is -4.07. The summed E-state index contributed by atoms with van der Waals surface area (Å²) >= 11 is 0. The Balaban J connectivity index is 1.45. The molecule has 0 fully saturated rings. The zero-order chi connectivity index (χ0) is 23.5. The molecule has 1 atom stereocenters. The number of anilines is 1. The summed E-state index contributed by atoms with van der Waals surface area (Å²) in [6.45, 7) is 1.20. The van der Waals surface area contributed by atoms with Gasteiger partial charge in [-0.05, 0) is 35.4 Å². The Bertz CT molecular complexity index is 1010. The maximum absolute atomic E-state index is 12.0. The summed E-state index contributed by atoms with van der Waals surface area (Å²) in [6.07, 6.45) is 1.09. The number of carbonyl (C=O) groups is 2. The first kappa shape index (κ1) is 23.6. The molecule has 1 unspecified atom stereocenters. The lowest BCUT2D eigenvalue weighted by Crippen LogP contribution is -2.42. The maximum atomic E-state index is 12.0. The summed E-state index contributed by atoms with van der Waals surface area (Å²) in [5, 5.41) is 11.9. The lowest BCUT2D eigenvalue weighted by atomic mass is 10.1. The van der Waals surface area contributed by atoms with Crippen molar-refractivity contribution in [1.82, 2.24) is 10.3 Å². The van der Waals surface area contributed by atoms with Crippen molar-refractivity contribution in [3.05, 3.63) is 90.1 Å². The molecule has 1 amide bonds. The number of amides is 1. The van der Waals surface area contributed by atoms with Gasteiger partial charge in [0.25, 0.3) is 0 Å². The van der Waals surface area contributed by atoms with Gasteiger partial charge >= 0.3 is 12.1 Å². The van der Waals surface area contributed by atoms with Crippen LogP contribution in [0.5, 0.6) is 5.75 Å². The molecule has 33 heavy (non-hydrogen) atoms. The highest BCUT2D eigenvalue weighted by Crippen LogP contribution is 2.14. The van der Waals surface area contributed by atoms with Gasteiger partial charge in [-0.3, -0.25) is 0 Å². The summed E-state index contributed by atoms with van der Waals surface area (Å²) in [5.74, 6) is 0.408. The Morgan fingerprint density at radius 2 is 1.73 bits per heavy atom. The Morgan fingerprint density at radius 3 is 2.39 bits per heavy atom. The van der Waals surface area contributed by atoms with Crippen molar-refractivity contribution in [1.29, 1.82) is 0 Å². The average Bonchev–Trinajstić information content (AvgIpc) is 2.84. The van der Waals surface area contributed by atoms with Gasteiger partial charge in [-0.1, -0.05) is 48.5 Å². The lowest BCUT2D eigenvalue weighted by molar-refractivity contribution is -0.139. The van der Waals surface area contributed by atoms with Gasteiger partial charge in [0, 0.05) is 19.7 Å². The number of benzene rings is 2. The van der Waals surface area contributed by atoms with Crippen molar-refractivity contribution in [2.75, 3.05) is 25.1 Å². The largest absolute Gasteiger partial charge is 0.492 e. The molecule has 2 aromatic carbocycles. The summed E-state index contributed by atoms with van der Waals surface area (Å²) in [6, 6.07) is 20.9. The number of ether oxygens (including phenoxy) is 2. The van der Waals surface area contributed by atoms with Gasteiger partial charge in [0.15, 0.2) is 0 Å². The molecule has 1 aromatic heterocycles. The van der Waals surface area contributed by atoms with Crippen LogP contribution in [0.1, 0.15) is 11.1 Å². The number of nitrogens with zero attached hydrogens (tertiary/aromatic N) is 2. The van der Waals surface area contributed by atoms with Crippen molar-refractivity contribution < 1.29 is 24.2 Å². The molecule has 3 aromatic rings. The number of carboxylic acids is 1. The van der Waals surface area contributed by atoms with E-state index < -0.39 is 18.1 Å². The van der Waals surface area contributed by atoms with Gasteiger partial charge in [0.05, 0.1) is 6.54 Å². The number of alkyl carbamates (subject to hydrolysis) is 1. The number of carboxylic acid groups (broad SMARTS) is 1. The number of aliphatic carboxylic acids is 1. The molecule has 1 heterocycles.